The van der Waals surface area contributed by atoms with Gasteiger partial charge in [0, 0.05) is 25.5 Å². The number of anilines is 1. The van der Waals surface area contributed by atoms with E-state index in [2.05, 4.69) is 53.4 Å². The fourth-order valence-electron chi connectivity index (χ4n) is 2.28. The van der Waals surface area contributed by atoms with Gasteiger partial charge in [-0.2, -0.15) is 0 Å². The average Bonchev–Trinajstić information content (AvgIpc) is 2.40. The lowest BCUT2D eigenvalue weighted by Gasteiger charge is -2.21. The molecule has 0 spiro atoms. The van der Waals surface area contributed by atoms with Crippen molar-refractivity contribution in [2.75, 3.05) is 19.0 Å². The Morgan fingerprint density at radius 3 is 2.68 bits per heavy atom. The summed E-state index contributed by atoms with van der Waals surface area (Å²) in [6.07, 6.45) is 1.84. The molecule has 0 atom stereocenters. The summed E-state index contributed by atoms with van der Waals surface area (Å²) in [7, 11) is 4.07. The first-order chi connectivity index (χ1) is 9.20. The van der Waals surface area contributed by atoms with Crippen molar-refractivity contribution in [1.82, 2.24) is 10.3 Å². The van der Waals surface area contributed by atoms with E-state index >= 15 is 0 Å². The van der Waals surface area contributed by atoms with Crippen LogP contribution in [0.4, 0.5) is 5.69 Å². The maximum atomic E-state index is 4.37. The summed E-state index contributed by atoms with van der Waals surface area (Å²) in [4.78, 5) is 6.61. The molecule has 3 nitrogen and oxygen atoms in total. The van der Waals surface area contributed by atoms with E-state index in [-0.39, 0.29) is 0 Å². The fraction of sp³-hybridized carbons (Fsp3) is 0.312. The Morgan fingerprint density at radius 1 is 1.21 bits per heavy atom. The lowest BCUT2D eigenvalue weighted by molar-refractivity contribution is 0.815. The molecule has 2 aromatic rings. The highest BCUT2D eigenvalue weighted by Gasteiger charge is 2.06. The first-order valence-electron chi connectivity index (χ1n) is 6.56. The zero-order chi connectivity index (χ0) is 13.7. The van der Waals surface area contributed by atoms with Gasteiger partial charge in [0.15, 0.2) is 0 Å². The molecule has 0 aliphatic rings. The van der Waals surface area contributed by atoms with Gasteiger partial charge >= 0.3 is 0 Å². The monoisotopic (exact) mass is 255 g/mol. The van der Waals surface area contributed by atoms with Crippen LogP contribution in [0, 0.1) is 6.92 Å². The van der Waals surface area contributed by atoms with Gasteiger partial charge < -0.3 is 10.2 Å². The van der Waals surface area contributed by atoms with Crippen molar-refractivity contribution < 1.29 is 0 Å². The molecule has 3 heteroatoms. The van der Waals surface area contributed by atoms with Crippen LogP contribution in [0.1, 0.15) is 16.8 Å². The third-order valence-electron chi connectivity index (χ3n) is 3.18. The van der Waals surface area contributed by atoms with Crippen molar-refractivity contribution in [1.29, 1.82) is 0 Å². The van der Waals surface area contributed by atoms with Crippen LogP contribution in [0.15, 0.2) is 42.6 Å². The minimum Gasteiger partial charge on any atom is -0.368 e. The van der Waals surface area contributed by atoms with Crippen LogP contribution in [0.5, 0.6) is 0 Å². The largest absolute Gasteiger partial charge is 0.368 e. The van der Waals surface area contributed by atoms with E-state index in [1.807, 2.05) is 25.4 Å². The standard InChI is InChI=1S/C16H21N3/c1-13-10-14(11-17-2)7-8-16(13)19(3)12-15-6-4-5-9-18-15/h4-10,17H,11-12H2,1-3H3. The number of benzene rings is 1. The molecule has 1 N–H and O–H groups in total. The van der Waals surface area contributed by atoms with Gasteiger partial charge in [0.1, 0.15) is 0 Å². The summed E-state index contributed by atoms with van der Waals surface area (Å²) in [5.74, 6) is 0. The van der Waals surface area contributed by atoms with Gasteiger partial charge in [-0.25, -0.2) is 0 Å². The van der Waals surface area contributed by atoms with E-state index in [1.165, 1.54) is 16.8 Å². The molecule has 0 saturated heterocycles. The van der Waals surface area contributed by atoms with Crippen molar-refractivity contribution >= 4 is 5.69 Å². The lowest BCUT2D eigenvalue weighted by atomic mass is 10.1. The van der Waals surface area contributed by atoms with E-state index in [0.29, 0.717) is 0 Å². The minimum atomic E-state index is 0.826. The van der Waals surface area contributed by atoms with Crippen LogP contribution >= 0.6 is 0 Å². The third kappa shape index (κ3) is 3.55. The maximum absolute atomic E-state index is 4.37. The number of aromatic nitrogens is 1. The van der Waals surface area contributed by atoms with Gasteiger partial charge in [-0.15, -0.1) is 0 Å². The average molecular weight is 255 g/mol. The highest BCUT2D eigenvalue weighted by Crippen LogP contribution is 2.21. The summed E-state index contributed by atoms with van der Waals surface area (Å²) in [6.45, 7) is 3.89. The second-order valence-electron chi connectivity index (χ2n) is 4.83. The molecule has 0 fully saturated rings. The van der Waals surface area contributed by atoms with Crippen LogP contribution in [-0.2, 0) is 13.1 Å². The number of aryl methyl sites for hydroxylation is 1. The summed E-state index contributed by atoms with van der Waals surface area (Å²) in [5, 5.41) is 3.18. The molecule has 1 aromatic carbocycles. The van der Waals surface area contributed by atoms with Gasteiger partial charge in [0.05, 0.1) is 12.2 Å². The van der Waals surface area contributed by atoms with Crippen molar-refractivity contribution in [2.45, 2.75) is 20.0 Å². The Balaban J connectivity index is 2.13. The van der Waals surface area contributed by atoms with Crippen LogP contribution in [0.3, 0.4) is 0 Å². The summed E-state index contributed by atoms with van der Waals surface area (Å²) >= 11 is 0. The highest BCUT2D eigenvalue weighted by atomic mass is 15.1. The van der Waals surface area contributed by atoms with Gasteiger partial charge in [0.25, 0.3) is 0 Å². The molecule has 0 aliphatic carbocycles. The Bertz CT molecular complexity index is 523. The predicted octanol–water partition coefficient (Wildman–Crippen LogP) is 2.75. The molecule has 0 unspecified atom stereocenters. The number of hydrogen-bond acceptors (Lipinski definition) is 3. The first kappa shape index (κ1) is 13.6. The normalized spacial score (nSPS) is 10.5. The van der Waals surface area contributed by atoms with Gasteiger partial charge in [0.2, 0.25) is 0 Å². The van der Waals surface area contributed by atoms with Crippen molar-refractivity contribution in [3.05, 3.63) is 59.4 Å². The zero-order valence-corrected chi connectivity index (χ0v) is 11.9. The number of nitrogens with one attached hydrogen (secondary N) is 1. The van der Waals surface area contributed by atoms with Crippen LogP contribution in [-0.4, -0.2) is 19.1 Å². The van der Waals surface area contributed by atoms with Gasteiger partial charge in [-0.05, 0) is 43.3 Å². The smallest absolute Gasteiger partial charge is 0.0598 e. The molecule has 100 valence electrons. The quantitative estimate of drug-likeness (QED) is 0.890. The van der Waals surface area contributed by atoms with Crippen LogP contribution in [0.25, 0.3) is 0 Å². The van der Waals surface area contributed by atoms with Crippen molar-refractivity contribution in [2.24, 2.45) is 0 Å². The SMILES string of the molecule is CNCc1ccc(N(C)Cc2ccccn2)c(C)c1. The zero-order valence-electron chi connectivity index (χ0n) is 11.9. The van der Waals surface area contributed by atoms with E-state index in [0.717, 1.165) is 18.8 Å². The van der Waals surface area contributed by atoms with E-state index in [4.69, 9.17) is 0 Å². The second kappa shape index (κ2) is 6.34. The van der Waals surface area contributed by atoms with E-state index in [9.17, 15) is 0 Å². The Labute approximate surface area is 115 Å². The fourth-order valence-corrected chi connectivity index (χ4v) is 2.28. The topological polar surface area (TPSA) is 28.2 Å². The number of pyridine rings is 1. The molecular weight excluding hydrogens is 234 g/mol. The number of hydrogen-bond donors (Lipinski definition) is 1. The van der Waals surface area contributed by atoms with Gasteiger partial charge in [-0.1, -0.05) is 18.2 Å². The predicted molar refractivity (Wildman–Crippen MR) is 80.3 cm³/mol. The summed E-state index contributed by atoms with van der Waals surface area (Å²) < 4.78 is 0. The first-order valence-corrected chi connectivity index (χ1v) is 6.56. The molecule has 0 saturated carbocycles. The number of nitrogens with zero attached hydrogens (tertiary/aromatic N) is 2. The molecule has 19 heavy (non-hydrogen) atoms. The Kier molecular flexibility index (Phi) is 4.53. The molecular formula is C16H21N3. The van der Waals surface area contributed by atoms with E-state index in [1.54, 1.807) is 0 Å². The molecule has 1 heterocycles. The Hall–Kier alpha value is -1.87. The highest BCUT2D eigenvalue weighted by molar-refractivity contribution is 5.54. The Morgan fingerprint density at radius 2 is 2.05 bits per heavy atom. The summed E-state index contributed by atoms with van der Waals surface area (Å²) in [6, 6.07) is 12.6. The van der Waals surface area contributed by atoms with Gasteiger partial charge in [-0.3, -0.25) is 4.98 Å². The molecule has 0 aliphatic heterocycles. The van der Waals surface area contributed by atoms with Crippen molar-refractivity contribution in [3.8, 4) is 0 Å². The molecule has 0 bridgehead atoms. The van der Waals surface area contributed by atoms with Crippen LogP contribution < -0.4 is 10.2 Å². The second-order valence-corrected chi connectivity index (χ2v) is 4.83. The molecule has 1 aromatic heterocycles. The lowest BCUT2D eigenvalue weighted by Crippen LogP contribution is -2.18. The van der Waals surface area contributed by atoms with Crippen LogP contribution in [0.2, 0.25) is 0 Å². The maximum Gasteiger partial charge on any atom is 0.0598 e. The van der Waals surface area contributed by atoms with E-state index < -0.39 is 0 Å². The van der Waals surface area contributed by atoms with Crippen molar-refractivity contribution in [3.63, 3.8) is 0 Å². The third-order valence-corrected chi connectivity index (χ3v) is 3.18. The number of rotatable bonds is 5. The molecule has 0 amide bonds. The molecule has 0 radical (unpaired) electrons. The minimum absolute atomic E-state index is 0.826. The summed E-state index contributed by atoms with van der Waals surface area (Å²) in [5.41, 5.74) is 4.95. The molecule has 2 rings (SSSR count).